The third-order valence-electron chi connectivity index (χ3n) is 3.56. The lowest BCUT2D eigenvalue weighted by Crippen LogP contribution is -2.15. The third-order valence-corrected chi connectivity index (χ3v) is 3.56. The predicted octanol–water partition coefficient (Wildman–Crippen LogP) is 4.33. The first kappa shape index (κ1) is 10.4. The summed E-state index contributed by atoms with van der Waals surface area (Å²) < 4.78 is 5.74. The second kappa shape index (κ2) is 4.02. The molecule has 0 saturated heterocycles. The van der Waals surface area contributed by atoms with E-state index < -0.39 is 0 Å². The second-order valence-electron chi connectivity index (χ2n) is 4.67. The summed E-state index contributed by atoms with van der Waals surface area (Å²) in [6, 6.07) is 23.0. The normalized spacial score (nSPS) is 13.4. The average molecular weight is 247 g/mol. The van der Waals surface area contributed by atoms with Crippen LogP contribution in [0.1, 0.15) is 0 Å². The Bertz CT molecular complexity index is 746. The van der Waals surface area contributed by atoms with Gasteiger partial charge in [0.25, 0.3) is 0 Å². The topological polar surface area (TPSA) is 12.5 Å². The Hall–Kier alpha value is -2.48. The first-order chi connectivity index (χ1) is 9.43. The molecule has 0 saturated carbocycles. The van der Waals surface area contributed by atoms with Crippen molar-refractivity contribution in [1.29, 1.82) is 0 Å². The Morgan fingerprint density at radius 1 is 0.737 bits per heavy atom. The van der Waals surface area contributed by atoms with Crippen molar-refractivity contribution in [2.24, 2.45) is 0 Å². The summed E-state index contributed by atoms with van der Waals surface area (Å²) >= 11 is 0. The minimum absolute atomic E-state index is 0.577. The number of hydrogen-bond donors (Lipinski definition) is 0. The van der Waals surface area contributed by atoms with E-state index in [2.05, 4.69) is 53.4 Å². The molecule has 19 heavy (non-hydrogen) atoms. The molecule has 1 aliphatic heterocycles. The summed E-state index contributed by atoms with van der Waals surface area (Å²) in [5.74, 6) is 0.954. The Labute approximate surface area is 111 Å². The van der Waals surface area contributed by atoms with Gasteiger partial charge in [0.2, 0.25) is 0 Å². The first-order valence-corrected chi connectivity index (χ1v) is 6.40. The van der Waals surface area contributed by atoms with Gasteiger partial charge in [-0.25, -0.2) is 0 Å². The highest BCUT2D eigenvalue weighted by Gasteiger charge is 2.22. The van der Waals surface area contributed by atoms with Gasteiger partial charge in [0.05, 0.1) is 11.4 Å². The zero-order valence-electron chi connectivity index (χ0n) is 10.4. The van der Waals surface area contributed by atoms with E-state index in [1.807, 2.05) is 18.2 Å². The highest BCUT2D eigenvalue weighted by Crippen LogP contribution is 2.40. The fourth-order valence-electron chi connectivity index (χ4n) is 2.65. The number of ether oxygens (including phenoxy) is 1. The van der Waals surface area contributed by atoms with E-state index in [0.717, 1.165) is 11.4 Å². The number of hydrogen-bond acceptors (Lipinski definition) is 2. The SMILES string of the molecule is c1ccc2c(c1)OCN2c1cccc2ccccc12. The summed E-state index contributed by atoms with van der Waals surface area (Å²) in [6.45, 7) is 0.577. The van der Waals surface area contributed by atoms with Gasteiger partial charge >= 0.3 is 0 Å². The van der Waals surface area contributed by atoms with Crippen LogP contribution in [0.25, 0.3) is 10.8 Å². The smallest absolute Gasteiger partial charge is 0.165 e. The fraction of sp³-hybridized carbons (Fsp3) is 0.0588. The Balaban J connectivity index is 1.93. The van der Waals surface area contributed by atoms with Crippen LogP contribution in [-0.2, 0) is 0 Å². The standard InChI is InChI=1S/C17H13NO/c1-2-8-14-13(6-1)7-5-10-15(14)18-12-19-17-11-4-3-9-16(17)18/h1-11H,12H2. The van der Waals surface area contributed by atoms with E-state index >= 15 is 0 Å². The molecule has 0 amide bonds. The molecule has 0 atom stereocenters. The van der Waals surface area contributed by atoms with Crippen molar-refractivity contribution >= 4 is 22.1 Å². The molecule has 3 aromatic rings. The number of benzene rings is 3. The van der Waals surface area contributed by atoms with Crippen LogP contribution < -0.4 is 9.64 Å². The number of rotatable bonds is 1. The lowest BCUT2D eigenvalue weighted by molar-refractivity contribution is 0.358. The number of fused-ring (bicyclic) bond motifs is 2. The van der Waals surface area contributed by atoms with Crippen molar-refractivity contribution in [2.45, 2.75) is 0 Å². The molecular weight excluding hydrogens is 234 g/mol. The van der Waals surface area contributed by atoms with E-state index in [0.29, 0.717) is 6.73 Å². The van der Waals surface area contributed by atoms with Gasteiger partial charge in [-0.05, 0) is 23.6 Å². The highest BCUT2D eigenvalue weighted by molar-refractivity contribution is 5.96. The van der Waals surface area contributed by atoms with E-state index in [1.54, 1.807) is 0 Å². The molecule has 0 N–H and O–H groups in total. The molecule has 0 aliphatic carbocycles. The van der Waals surface area contributed by atoms with Crippen molar-refractivity contribution in [1.82, 2.24) is 0 Å². The Morgan fingerprint density at radius 3 is 2.47 bits per heavy atom. The minimum Gasteiger partial charge on any atom is -0.471 e. The van der Waals surface area contributed by atoms with Crippen molar-refractivity contribution in [3.8, 4) is 5.75 Å². The number of nitrogens with zero attached hydrogens (tertiary/aromatic N) is 1. The summed E-state index contributed by atoms with van der Waals surface area (Å²) in [5, 5.41) is 2.51. The highest BCUT2D eigenvalue weighted by atomic mass is 16.5. The maximum atomic E-state index is 5.74. The molecule has 4 rings (SSSR count). The lowest BCUT2D eigenvalue weighted by atomic mass is 10.1. The second-order valence-corrected chi connectivity index (χ2v) is 4.67. The van der Waals surface area contributed by atoms with Crippen molar-refractivity contribution < 1.29 is 4.74 Å². The van der Waals surface area contributed by atoms with Crippen LogP contribution in [0, 0.1) is 0 Å². The van der Waals surface area contributed by atoms with Crippen molar-refractivity contribution in [2.75, 3.05) is 11.6 Å². The van der Waals surface area contributed by atoms with Gasteiger partial charge < -0.3 is 9.64 Å². The molecule has 2 heteroatoms. The molecule has 0 aromatic heterocycles. The quantitative estimate of drug-likeness (QED) is 0.634. The van der Waals surface area contributed by atoms with Crippen LogP contribution in [0.15, 0.2) is 66.7 Å². The number of anilines is 2. The molecule has 0 spiro atoms. The molecule has 92 valence electrons. The van der Waals surface area contributed by atoms with Gasteiger partial charge in [0.1, 0.15) is 5.75 Å². The van der Waals surface area contributed by atoms with E-state index in [1.165, 1.54) is 16.5 Å². The molecule has 0 unspecified atom stereocenters. The summed E-state index contributed by atoms with van der Waals surface area (Å²) in [4.78, 5) is 2.22. The van der Waals surface area contributed by atoms with Crippen LogP contribution in [-0.4, -0.2) is 6.73 Å². The molecule has 0 radical (unpaired) electrons. The van der Waals surface area contributed by atoms with Gasteiger partial charge in [0.15, 0.2) is 6.73 Å². The summed E-state index contributed by atoms with van der Waals surface area (Å²) in [6.07, 6.45) is 0. The van der Waals surface area contributed by atoms with Crippen LogP contribution in [0.2, 0.25) is 0 Å². The summed E-state index contributed by atoms with van der Waals surface area (Å²) in [7, 11) is 0. The zero-order chi connectivity index (χ0) is 12.7. The monoisotopic (exact) mass is 247 g/mol. The van der Waals surface area contributed by atoms with Gasteiger partial charge in [-0.15, -0.1) is 0 Å². The van der Waals surface area contributed by atoms with Gasteiger partial charge in [0, 0.05) is 5.39 Å². The Kier molecular flexibility index (Phi) is 2.21. The van der Waals surface area contributed by atoms with E-state index in [9.17, 15) is 0 Å². The summed E-state index contributed by atoms with van der Waals surface area (Å²) in [5.41, 5.74) is 2.34. The largest absolute Gasteiger partial charge is 0.471 e. The van der Waals surface area contributed by atoms with Crippen LogP contribution in [0.5, 0.6) is 5.75 Å². The maximum absolute atomic E-state index is 5.74. The first-order valence-electron chi connectivity index (χ1n) is 6.40. The molecule has 1 heterocycles. The zero-order valence-corrected chi connectivity index (χ0v) is 10.4. The predicted molar refractivity (Wildman–Crippen MR) is 78.0 cm³/mol. The Morgan fingerprint density at radius 2 is 1.47 bits per heavy atom. The van der Waals surface area contributed by atoms with Gasteiger partial charge in [-0.2, -0.15) is 0 Å². The fourth-order valence-corrected chi connectivity index (χ4v) is 2.65. The molecule has 0 fully saturated rings. The molecule has 3 aromatic carbocycles. The van der Waals surface area contributed by atoms with Crippen molar-refractivity contribution in [3.63, 3.8) is 0 Å². The van der Waals surface area contributed by atoms with Crippen LogP contribution >= 0.6 is 0 Å². The van der Waals surface area contributed by atoms with E-state index in [4.69, 9.17) is 4.74 Å². The number of para-hydroxylation sites is 2. The van der Waals surface area contributed by atoms with Gasteiger partial charge in [-0.1, -0.05) is 48.5 Å². The van der Waals surface area contributed by atoms with E-state index in [-0.39, 0.29) is 0 Å². The maximum Gasteiger partial charge on any atom is 0.165 e. The molecule has 0 bridgehead atoms. The molecular formula is C17H13NO. The minimum atomic E-state index is 0.577. The van der Waals surface area contributed by atoms with Gasteiger partial charge in [-0.3, -0.25) is 0 Å². The van der Waals surface area contributed by atoms with Crippen LogP contribution in [0.3, 0.4) is 0 Å². The molecule has 2 nitrogen and oxygen atoms in total. The molecule has 1 aliphatic rings. The van der Waals surface area contributed by atoms with Crippen LogP contribution in [0.4, 0.5) is 11.4 Å². The lowest BCUT2D eigenvalue weighted by Gasteiger charge is -2.18. The third kappa shape index (κ3) is 1.57. The average Bonchev–Trinajstić information content (AvgIpc) is 2.90. The van der Waals surface area contributed by atoms with Crippen molar-refractivity contribution in [3.05, 3.63) is 66.7 Å².